The van der Waals surface area contributed by atoms with Crippen molar-refractivity contribution >= 4 is 35.0 Å². The van der Waals surface area contributed by atoms with E-state index < -0.39 is 35.8 Å². The molecule has 0 bridgehead atoms. The first-order chi connectivity index (χ1) is 14.9. The highest BCUT2D eigenvalue weighted by atomic mass is 32.1. The van der Waals surface area contributed by atoms with Crippen molar-refractivity contribution in [1.82, 2.24) is 15.8 Å². The Bertz CT molecular complexity index is 927. The van der Waals surface area contributed by atoms with Gasteiger partial charge in [0.1, 0.15) is 12.1 Å². The van der Waals surface area contributed by atoms with Crippen LogP contribution < -0.4 is 10.7 Å². The second kappa shape index (κ2) is 10.3. The second-order valence-corrected chi connectivity index (χ2v) is 7.91. The number of carboxylic acid groups (broad SMARTS) is 1. The number of benzene rings is 1. The molecule has 9 nitrogen and oxygen atoms in total. The number of hydrogen-bond donors (Lipinski definition) is 4. The van der Waals surface area contributed by atoms with E-state index in [1.807, 2.05) is 16.8 Å². The predicted octanol–water partition coefficient (Wildman–Crippen LogP) is 1.19. The highest BCUT2D eigenvalue weighted by Gasteiger charge is 2.38. The highest BCUT2D eigenvalue weighted by molar-refractivity contribution is 7.07. The third-order valence-corrected chi connectivity index (χ3v) is 5.66. The summed E-state index contributed by atoms with van der Waals surface area (Å²) in [6, 6.07) is 5.98. The van der Waals surface area contributed by atoms with E-state index in [0.717, 1.165) is 10.6 Å². The number of thiophene rings is 1. The molecule has 1 aliphatic heterocycles. The molecular weight excluding hydrogens is 422 g/mol. The quantitative estimate of drug-likeness (QED) is 0.301. The number of aliphatic hydroxyl groups excluding tert-OH is 1. The van der Waals surface area contributed by atoms with Gasteiger partial charge < -0.3 is 15.5 Å². The molecule has 2 aromatic rings. The van der Waals surface area contributed by atoms with Crippen LogP contribution in [0.1, 0.15) is 45.5 Å². The van der Waals surface area contributed by atoms with Crippen molar-refractivity contribution in [2.24, 2.45) is 0 Å². The van der Waals surface area contributed by atoms with E-state index in [2.05, 4.69) is 10.7 Å². The third-order valence-electron chi connectivity index (χ3n) is 4.93. The monoisotopic (exact) mass is 445 g/mol. The molecule has 164 valence electrons. The van der Waals surface area contributed by atoms with Gasteiger partial charge in [-0.2, -0.15) is 11.3 Å². The zero-order chi connectivity index (χ0) is 22.4. The Balaban J connectivity index is 1.77. The van der Waals surface area contributed by atoms with Gasteiger partial charge in [-0.1, -0.05) is 12.1 Å². The van der Waals surface area contributed by atoms with Gasteiger partial charge >= 0.3 is 5.97 Å². The Morgan fingerprint density at radius 1 is 1.03 bits per heavy atom. The SMILES string of the molecule is O=C(O)[C@H](CCCCO)NC(=O)[C@H](Cc1ccsc1)NN1C(=O)c2ccccc2C1=O. The first-order valence-corrected chi connectivity index (χ1v) is 10.8. The Hall–Kier alpha value is -3.08. The summed E-state index contributed by atoms with van der Waals surface area (Å²) < 4.78 is 0. The highest BCUT2D eigenvalue weighted by Crippen LogP contribution is 2.21. The average molecular weight is 445 g/mol. The van der Waals surface area contributed by atoms with Gasteiger partial charge in [-0.05, 0) is 60.2 Å². The molecule has 0 fully saturated rings. The zero-order valence-corrected chi connectivity index (χ0v) is 17.4. The van der Waals surface area contributed by atoms with Gasteiger partial charge in [0, 0.05) is 6.61 Å². The number of unbranched alkanes of at least 4 members (excludes halogenated alkanes) is 1. The maximum atomic E-state index is 13.0. The fourth-order valence-corrected chi connectivity index (χ4v) is 3.98. The first-order valence-electron chi connectivity index (χ1n) is 9.81. The summed E-state index contributed by atoms with van der Waals surface area (Å²) in [5.74, 6) is -2.97. The third kappa shape index (κ3) is 5.35. The Morgan fingerprint density at radius 3 is 2.26 bits per heavy atom. The molecule has 0 spiro atoms. The van der Waals surface area contributed by atoms with Crippen molar-refractivity contribution in [1.29, 1.82) is 0 Å². The zero-order valence-electron chi connectivity index (χ0n) is 16.6. The maximum absolute atomic E-state index is 13.0. The summed E-state index contributed by atoms with van der Waals surface area (Å²) in [5, 5.41) is 25.3. The number of aliphatic carboxylic acids is 1. The molecule has 0 saturated carbocycles. The van der Waals surface area contributed by atoms with Crippen molar-refractivity contribution in [3.8, 4) is 0 Å². The van der Waals surface area contributed by atoms with E-state index in [1.54, 1.807) is 12.1 Å². The molecule has 3 amide bonds. The van der Waals surface area contributed by atoms with Crippen LogP contribution in [0, 0.1) is 0 Å². The van der Waals surface area contributed by atoms with Gasteiger partial charge in [0.05, 0.1) is 11.1 Å². The van der Waals surface area contributed by atoms with Crippen LogP contribution in [-0.4, -0.2) is 57.6 Å². The molecule has 3 rings (SSSR count). The van der Waals surface area contributed by atoms with E-state index >= 15 is 0 Å². The molecule has 2 atom stereocenters. The molecule has 31 heavy (non-hydrogen) atoms. The molecular formula is C21H23N3O6S. The van der Waals surface area contributed by atoms with Gasteiger partial charge in [0.2, 0.25) is 5.91 Å². The Kier molecular flexibility index (Phi) is 7.50. The minimum Gasteiger partial charge on any atom is -0.480 e. The number of carbonyl (C=O) groups is 4. The molecule has 0 radical (unpaired) electrons. The fourth-order valence-electron chi connectivity index (χ4n) is 3.29. The molecule has 1 aromatic heterocycles. The largest absolute Gasteiger partial charge is 0.480 e. The number of hydrogen-bond acceptors (Lipinski definition) is 7. The van der Waals surface area contributed by atoms with Crippen LogP contribution in [0.25, 0.3) is 0 Å². The summed E-state index contributed by atoms with van der Waals surface area (Å²) in [4.78, 5) is 49.8. The Morgan fingerprint density at radius 2 is 1.71 bits per heavy atom. The number of imide groups is 1. The summed E-state index contributed by atoms with van der Waals surface area (Å²) in [7, 11) is 0. The number of hydrazine groups is 1. The molecule has 4 N–H and O–H groups in total. The van der Waals surface area contributed by atoms with Crippen molar-refractivity contribution in [3.05, 3.63) is 57.8 Å². The molecule has 1 aliphatic rings. The lowest BCUT2D eigenvalue weighted by atomic mass is 10.1. The van der Waals surface area contributed by atoms with Crippen LogP contribution in [0.5, 0.6) is 0 Å². The van der Waals surface area contributed by atoms with E-state index in [-0.39, 0.29) is 30.6 Å². The minimum absolute atomic E-state index is 0.0671. The van der Waals surface area contributed by atoms with Gasteiger partial charge in [-0.25, -0.2) is 15.2 Å². The van der Waals surface area contributed by atoms with Crippen molar-refractivity contribution in [2.75, 3.05) is 6.61 Å². The minimum atomic E-state index is -1.19. The van der Waals surface area contributed by atoms with Gasteiger partial charge in [0.25, 0.3) is 11.8 Å². The van der Waals surface area contributed by atoms with E-state index in [4.69, 9.17) is 5.11 Å². The van der Waals surface area contributed by atoms with Crippen molar-refractivity contribution < 1.29 is 29.4 Å². The number of aliphatic hydroxyl groups is 1. The van der Waals surface area contributed by atoms with Gasteiger partial charge in [0.15, 0.2) is 0 Å². The van der Waals surface area contributed by atoms with Crippen LogP contribution in [0.3, 0.4) is 0 Å². The topological polar surface area (TPSA) is 136 Å². The van der Waals surface area contributed by atoms with E-state index in [0.29, 0.717) is 12.8 Å². The normalized spacial score (nSPS) is 14.9. The summed E-state index contributed by atoms with van der Waals surface area (Å²) >= 11 is 1.43. The number of fused-ring (bicyclic) bond motifs is 1. The summed E-state index contributed by atoms with van der Waals surface area (Å²) in [6.07, 6.45) is 1.16. The lowest BCUT2D eigenvalue weighted by molar-refractivity contribution is -0.142. The first kappa shape index (κ1) is 22.6. The van der Waals surface area contributed by atoms with Crippen LogP contribution in [0.15, 0.2) is 41.1 Å². The maximum Gasteiger partial charge on any atom is 0.326 e. The number of nitrogens with zero attached hydrogens (tertiary/aromatic N) is 1. The predicted molar refractivity (Wildman–Crippen MR) is 112 cm³/mol. The second-order valence-electron chi connectivity index (χ2n) is 7.13. The summed E-state index contributed by atoms with van der Waals surface area (Å²) in [5.41, 5.74) is 3.99. The number of nitrogens with one attached hydrogen (secondary N) is 2. The van der Waals surface area contributed by atoms with E-state index in [1.165, 1.54) is 23.5 Å². The fraction of sp³-hybridized carbons (Fsp3) is 0.333. The van der Waals surface area contributed by atoms with Gasteiger partial charge in [-0.15, -0.1) is 0 Å². The Labute approximate surface area is 182 Å². The molecule has 2 heterocycles. The molecule has 0 unspecified atom stereocenters. The lowest BCUT2D eigenvalue weighted by Gasteiger charge is -2.25. The smallest absolute Gasteiger partial charge is 0.326 e. The van der Waals surface area contributed by atoms with Crippen LogP contribution in [0.4, 0.5) is 0 Å². The van der Waals surface area contributed by atoms with E-state index in [9.17, 15) is 24.3 Å². The molecule has 0 aliphatic carbocycles. The lowest BCUT2D eigenvalue weighted by Crippen LogP contribution is -2.57. The standard InChI is InChI=1S/C21H23N3O6S/c25-9-4-3-7-16(21(29)30)22-18(26)17(11-13-8-10-31-12-13)23-24-19(27)14-5-1-2-6-15(14)20(24)28/h1-2,5-6,8,10,12,16-17,23,25H,3-4,7,9,11H2,(H,22,26)(H,29,30)/t16-,17-/m0/s1. The van der Waals surface area contributed by atoms with Crippen molar-refractivity contribution in [2.45, 2.75) is 37.8 Å². The van der Waals surface area contributed by atoms with Crippen molar-refractivity contribution in [3.63, 3.8) is 0 Å². The number of amides is 3. The number of carboxylic acids is 1. The summed E-state index contributed by atoms with van der Waals surface area (Å²) in [6.45, 7) is -0.0671. The van der Waals surface area contributed by atoms with Crippen LogP contribution in [-0.2, 0) is 16.0 Å². The molecule has 10 heteroatoms. The average Bonchev–Trinajstić information content (AvgIpc) is 3.35. The van der Waals surface area contributed by atoms with Gasteiger partial charge in [-0.3, -0.25) is 14.4 Å². The molecule has 1 aromatic carbocycles. The van der Waals surface area contributed by atoms with Crippen LogP contribution in [0.2, 0.25) is 0 Å². The molecule has 0 saturated heterocycles. The number of carbonyl (C=O) groups excluding carboxylic acids is 3. The van der Waals surface area contributed by atoms with Crippen LogP contribution >= 0.6 is 11.3 Å². The number of rotatable bonds is 11.